The average Bonchev–Trinajstić information content (AvgIpc) is 2.99. The quantitative estimate of drug-likeness (QED) is 0.812. The number of ether oxygens (including phenoxy) is 1. The summed E-state index contributed by atoms with van der Waals surface area (Å²) in [5.41, 5.74) is 1.92. The molecule has 0 aromatic carbocycles. The van der Waals surface area contributed by atoms with Gasteiger partial charge < -0.3 is 10.1 Å². The monoisotopic (exact) mass is 254 g/mol. The van der Waals surface area contributed by atoms with Gasteiger partial charge in [0.05, 0.1) is 11.6 Å². The Morgan fingerprint density at radius 1 is 1.65 bits per heavy atom. The van der Waals surface area contributed by atoms with Crippen molar-refractivity contribution in [1.82, 2.24) is 10.3 Å². The SMILES string of the molecule is CCNC(CCC1CCCO1)Cc1cncs1. The van der Waals surface area contributed by atoms with Crippen LogP contribution in [-0.4, -0.2) is 30.3 Å². The molecule has 2 atom stereocenters. The Morgan fingerprint density at radius 2 is 2.59 bits per heavy atom. The Morgan fingerprint density at radius 3 is 3.24 bits per heavy atom. The molecule has 1 aromatic rings. The third kappa shape index (κ3) is 4.37. The second-order valence-electron chi connectivity index (χ2n) is 4.64. The number of hydrogen-bond acceptors (Lipinski definition) is 4. The maximum absolute atomic E-state index is 5.68. The molecule has 1 aliphatic heterocycles. The van der Waals surface area contributed by atoms with Gasteiger partial charge in [0, 0.05) is 23.7 Å². The van der Waals surface area contributed by atoms with Crippen LogP contribution >= 0.6 is 11.3 Å². The summed E-state index contributed by atoms with van der Waals surface area (Å²) in [4.78, 5) is 5.52. The van der Waals surface area contributed by atoms with Gasteiger partial charge in [0.1, 0.15) is 0 Å². The minimum absolute atomic E-state index is 0.512. The van der Waals surface area contributed by atoms with E-state index in [-0.39, 0.29) is 0 Å². The highest BCUT2D eigenvalue weighted by Gasteiger charge is 2.18. The zero-order valence-corrected chi connectivity index (χ0v) is 11.3. The Kier molecular flexibility index (Phi) is 5.42. The first kappa shape index (κ1) is 13.0. The molecule has 2 unspecified atom stereocenters. The van der Waals surface area contributed by atoms with E-state index in [0.717, 1.165) is 19.6 Å². The summed E-state index contributed by atoms with van der Waals surface area (Å²) in [6.45, 7) is 4.17. The van der Waals surface area contributed by atoms with Crippen molar-refractivity contribution in [2.24, 2.45) is 0 Å². The molecule has 1 N–H and O–H groups in total. The Bertz CT molecular complexity index is 296. The van der Waals surface area contributed by atoms with Crippen LogP contribution in [0.4, 0.5) is 0 Å². The van der Waals surface area contributed by atoms with Crippen molar-refractivity contribution in [2.75, 3.05) is 13.2 Å². The van der Waals surface area contributed by atoms with E-state index in [1.165, 1.54) is 30.6 Å². The molecule has 0 saturated carbocycles. The van der Waals surface area contributed by atoms with E-state index in [1.807, 2.05) is 11.7 Å². The molecule has 0 spiro atoms. The van der Waals surface area contributed by atoms with Crippen LogP contribution in [0.15, 0.2) is 11.7 Å². The lowest BCUT2D eigenvalue weighted by Crippen LogP contribution is -2.31. The fourth-order valence-corrected chi connectivity index (χ4v) is 3.09. The number of rotatable bonds is 7. The summed E-state index contributed by atoms with van der Waals surface area (Å²) >= 11 is 1.75. The molecule has 1 saturated heterocycles. The highest BCUT2D eigenvalue weighted by atomic mass is 32.1. The minimum atomic E-state index is 0.512. The van der Waals surface area contributed by atoms with Gasteiger partial charge in [0.25, 0.3) is 0 Å². The molecule has 2 heterocycles. The van der Waals surface area contributed by atoms with Crippen molar-refractivity contribution in [3.05, 3.63) is 16.6 Å². The zero-order valence-electron chi connectivity index (χ0n) is 10.5. The van der Waals surface area contributed by atoms with Crippen LogP contribution in [0.5, 0.6) is 0 Å². The number of aromatic nitrogens is 1. The molecule has 0 radical (unpaired) electrons. The van der Waals surface area contributed by atoms with Gasteiger partial charge in [-0.05, 0) is 38.6 Å². The number of nitrogens with zero attached hydrogens (tertiary/aromatic N) is 1. The van der Waals surface area contributed by atoms with Crippen LogP contribution in [0, 0.1) is 0 Å². The van der Waals surface area contributed by atoms with E-state index in [0.29, 0.717) is 12.1 Å². The van der Waals surface area contributed by atoms with Gasteiger partial charge in [-0.3, -0.25) is 4.98 Å². The van der Waals surface area contributed by atoms with Crippen molar-refractivity contribution in [3.63, 3.8) is 0 Å². The van der Waals surface area contributed by atoms with Crippen molar-refractivity contribution in [2.45, 2.75) is 51.2 Å². The molecule has 0 amide bonds. The van der Waals surface area contributed by atoms with Crippen LogP contribution in [0.25, 0.3) is 0 Å². The smallest absolute Gasteiger partial charge is 0.0794 e. The van der Waals surface area contributed by atoms with Crippen LogP contribution in [0.3, 0.4) is 0 Å². The van der Waals surface area contributed by atoms with Gasteiger partial charge in [-0.25, -0.2) is 0 Å². The van der Waals surface area contributed by atoms with E-state index in [9.17, 15) is 0 Å². The largest absolute Gasteiger partial charge is 0.378 e. The van der Waals surface area contributed by atoms with E-state index in [4.69, 9.17) is 4.74 Å². The van der Waals surface area contributed by atoms with Crippen LogP contribution in [0.2, 0.25) is 0 Å². The van der Waals surface area contributed by atoms with E-state index in [1.54, 1.807) is 11.3 Å². The Hall–Kier alpha value is -0.450. The van der Waals surface area contributed by atoms with E-state index < -0.39 is 0 Å². The fourth-order valence-electron chi connectivity index (χ4n) is 2.41. The highest BCUT2D eigenvalue weighted by Crippen LogP contribution is 2.19. The molecule has 1 fully saturated rings. The first-order valence-electron chi connectivity index (χ1n) is 6.61. The number of likely N-dealkylation sites (N-methyl/N-ethyl adjacent to an activating group) is 1. The molecule has 96 valence electrons. The van der Waals surface area contributed by atoms with Crippen molar-refractivity contribution < 1.29 is 4.74 Å². The van der Waals surface area contributed by atoms with Crippen molar-refractivity contribution in [3.8, 4) is 0 Å². The highest BCUT2D eigenvalue weighted by molar-refractivity contribution is 7.09. The molecule has 4 heteroatoms. The normalized spacial score (nSPS) is 21.8. The zero-order chi connectivity index (χ0) is 11.9. The molecule has 1 aromatic heterocycles. The summed E-state index contributed by atoms with van der Waals surface area (Å²) in [6, 6.07) is 0.574. The standard InChI is InChI=1S/C13H22N2OS/c1-2-15-11(8-13-9-14-10-17-13)5-6-12-4-3-7-16-12/h9-12,15H,2-8H2,1H3. The Labute approximate surface area is 108 Å². The third-order valence-corrected chi connectivity index (χ3v) is 4.09. The van der Waals surface area contributed by atoms with Gasteiger partial charge in [0.15, 0.2) is 0 Å². The lowest BCUT2D eigenvalue weighted by atomic mass is 10.0. The van der Waals surface area contributed by atoms with Gasteiger partial charge in [-0.15, -0.1) is 11.3 Å². The summed E-state index contributed by atoms with van der Waals surface area (Å²) < 4.78 is 5.68. The number of thiazole rings is 1. The van der Waals surface area contributed by atoms with Gasteiger partial charge >= 0.3 is 0 Å². The molecule has 3 nitrogen and oxygen atoms in total. The summed E-state index contributed by atoms with van der Waals surface area (Å²) in [7, 11) is 0. The van der Waals surface area contributed by atoms with Gasteiger partial charge in [-0.2, -0.15) is 0 Å². The Balaban J connectivity index is 1.75. The molecule has 1 aliphatic rings. The molecular weight excluding hydrogens is 232 g/mol. The summed E-state index contributed by atoms with van der Waals surface area (Å²) in [5.74, 6) is 0. The maximum atomic E-state index is 5.68. The first-order valence-corrected chi connectivity index (χ1v) is 7.48. The second kappa shape index (κ2) is 7.09. The summed E-state index contributed by atoms with van der Waals surface area (Å²) in [6.07, 6.45) is 8.49. The lowest BCUT2D eigenvalue weighted by Gasteiger charge is -2.18. The number of nitrogens with one attached hydrogen (secondary N) is 1. The summed E-state index contributed by atoms with van der Waals surface area (Å²) in [5, 5.41) is 3.57. The maximum Gasteiger partial charge on any atom is 0.0794 e. The van der Waals surface area contributed by atoms with Crippen LogP contribution in [-0.2, 0) is 11.2 Å². The minimum Gasteiger partial charge on any atom is -0.378 e. The fraction of sp³-hybridized carbons (Fsp3) is 0.769. The van der Waals surface area contributed by atoms with Gasteiger partial charge in [0.2, 0.25) is 0 Å². The number of hydrogen-bond donors (Lipinski definition) is 1. The lowest BCUT2D eigenvalue weighted by molar-refractivity contribution is 0.0996. The molecule has 0 aliphatic carbocycles. The van der Waals surface area contributed by atoms with E-state index >= 15 is 0 Å². The predicted octanol–water partition coefficient (Wildman–Crippen LogP) is 2.62. The molecule has 0 bridgehead atoms. The second-order valence-corrected chi connectivity index (χ2v) is 5.61. The van der Waals surface area contributed by atoms with Crippen molar-refractivity contribution >= 4 is 11.3 Å². The molecule has 2 rings (SSSR count). The predicted molar refractivity (Wildman–Crippen MR) is 71.5 cm³/mol. The van der Waals surface area contributed by atoms with Gasteiger partial charge in [-0.1, -0.05) is 6.92 Å². The van der Waals surface area contributed by atoms with E-state index in [2.05, 4.69) is 17.2 Å². The first-order chi connectivity index (χ1) is 8.38. The molecular formula is C13H22N2OS. The topological polar surface area (TPSA) is 34.1 Å². The molecule has 17 heavy (non-hydrogen) atoms. The average molecular weight is 254 g/mol. The third-order valence-electron chi connectivity index (χ3n) is 3.28. The van der Waals surface area contributed by atoms with Crippen LogP contribution in [0.1, 0.15) is 37.5 Å². The van der Waals surface area contributed by atoms with Crippen LogP contribution < -0.4 is 5.32 Å². The van der Waals surface area contributed by atoms with Crippen molar-refractivity contribution in [1.29, 1.82) is 0 Å².